The second kappa shape index (κ2) is 10.0. The molecule has 156 valence electrons. The fourth-order valence-corrected chi connectivity index (χ4v) is 3.46. The van der Waals surface area contributed by atoms with Gasteiger partial charge in [-0.1, -0.05) is 18.2 Å². The van der Waals surface area contributed by atoms with Crippen LogP contribution >= 0.6 is 0 Å². The van der Waals surface area contributed by atoms with Gasteiger partial charge in [-0.2, -0.15) is 0 Å². The van der Waals surface area contributed by atoms with Crippen molar-refractivity contribution in [3.05, 3.63) is 53.8 Å². The number of nitrogens with zero attached hydrogens (tertiary/aromatic N) is 3. The minimum atomic E-state index is -0.175. The zero-order chi connectivity index (χ0) is 20.6. The van der Waals surface area contributed by atoms with Crippen LogP contribution in [0.2, 0.25) is 0 Å². The average molecular weight is 400 g/mol. The number of hydrogen-bond donors (Lipinski definition) is 2. The number of methoxy groups -OCH3 is 1. The minimum Gasteiger partial charge on any atom is -0.504 e. The molecule has 7 heteroatoms. The van der Waals surface area contributed by atoms with Crippen molar-refractivity contribution in [3.8, 4) is 11.5 Å². The Balaban J connectivity index is 1.59. The number of phenolic OH excluding ortho intramolecular Hbond substituents is 1. The van der Waals surface area contributed by atoms with Crippen molar-refractivity contribution < 1.29 is 14.2 Å². The highest BCUT2D eigenvalue weighted by molar-refractivity contribution is 5.80. The quantitative estimate of drug-likeness (QED) is 0.577. The number of aliphatic imine (C=N–C) groups is 1. The number of ether oxygens (including phenoxy) is 1. The van der Waals surface area contributed by atoms with Crippen LogP contribution in [0.15, 0.2) is 47.5 Å². The molecule has 1 saturated heterocycles. The molecule has 0 saturated carbocycles. The van der Waals surface area contributed by atoms with Gasteiger partial charge in [0.05, 0.1) is 12.8 Å². The molecule has 0 bridgehead atoms. The van der Waals surface area contributed by atoms with E-state index in [1.165, 1.54) is 6.07 Å². The number of benzene rings is 2. The maximum Gasteiger partial charge on any atom is 0.194 e. The summed E-state index contributed by atoms with van der Waals surface area (Å²) in [6.07, 6.45) is 0.751. The zero-order valence-electron chi connectivity index (χ0n) is 17.1. The molecule has 1 fully saturated rings. The summed E-state index contributed by atoms with van der Waals surface area (Å²) < 4.78 is 19.2. The van der Waals surface area contributed by atoms with Crippen LogP contribution in [-0.2, 0) is 6.42 Å². The van der Waals surface area contributed by atoms with Crippen molar-refractivity contribution in [2.24, 2.45) is 4.99 Å². The van der Waals surface area contributed by atoms with Crippen LogP contribution in [0.1, 0.15) is 12.5 Å². The first-order chi connectivity index (χ1) is 14.1. The molecule has 0 aromatic heterocycles. The van der Waals surface area contributed by atoms with Crippen LogP contribution < -0.4 is 15.0 Å². The molecular weight excluding hydrogens is 371 g/mol. The molecule has 0 amide bonds. The van der Waals surface area contributed by atoms with Gasteiger partial charge in [0.25, 0.3) is 0 Å². The summed E-state index contributed by atoms with van der Waals surface area (Å²) in [5, 5.41) is 13.1. The third kappa shape index (κ3) is 5.31. The van der Waals surface area contributed by atoms with E-state index in [2.05, 4.69) is 22.0 Å². The maximum atomic E-state index is 14.0. The highest BCUT2D eigenvalue weighted by Gasteiger charge is 2.21. The summed E-state index contributed by atoms with van der Waals surface area (Å²) >= 11 is 0. The smallest absolute Gasteiger partial charge is 0.194 e. The van der Waals surface area contributed by atoms with Crippen LogP contribution in [0.3, 0.4) is 0 Å². The molecule has 3 rings (SSSR count). The van der Waals surface area contributed by atoms with Gasteiger partial charge in [-0.15, -0.1) is 0 Å². The van der Waals surface area contributed by atoms with E-state index >= 15 is 0 Å². The second-order valence-corrected chi connectivity index (χ2v) is 6.92. The Morgan fingerprint density at radius 3 is 2.62 bits per heavy atom. The Labute approximate surface area is 171 Å². The lowest BCUT2D eigenvalue weighted by Gasteiger charge is -2.37. The molecule has 1 aliphatic rings. The number of guanidine groups is 1. The molecule has 0 radical (unpaired) electrons. The van der Waals surface area contributed by atoms with Crippen molar-refractivity contribution in [1.82, 2.24) is 10.2 Å². The van der Waals surface area contributed by atoms with Gasteiger partial charge in [-0.3, -0.25) is 4.99 Å². The molecule has 2 aromatic carbocycles. The number of halogens is 1. The van der Waals surface area contributed by atoms with Crippen molar-refractivity contribution >= 4 is 11.6 Å². The van der Waals surface area contributed by atoms with Crippen LogP contribution in [0, 0.1) is 5.82 Å². The van der Waals surface area contributed by atoms with Gasteiger partial charge in [0.15, 0.2) is 17.5 Å². The normalized spacial score (nSPS) is 14.8. The van der Waals surface area contributed by atoms with Gasteiger partial charge >= 0.3 is 0 Å². The molecule has 1 aliphatic heterocycles. The topological polar surface area (TPSA) is 60.3 Å². The van der Waals surface area contributed by atoms with E-state index in [-0.39, 0.29) is 11.6 Å². The fraction of sp³-hybridized carbons (Fsp3) is 0.409. The molecule has 29 heavy (non-hydrogen) atoms. The predicted molar refractivity (Wildman–Crippen MR) is 115 cm³/mol. The summed E-state index contributed by atoms with van der Waals surface area (Å²) in [4.78, 5) is 9.06. The molecular formula is C22H29FN4O2. The van der Waals surface area contributed by atoms with E-state index in [0.29, 0.717) is 18.0 Å². The lowest BCUT2D eigenvalue weighted by molar-refractivity contribution is 0.370. The number of piperazine rings is 1. The monoisotopic (exact) mass is 400 g/mol. The number of nitrogens with one attached hydrogen (secondary N) is 1. The first kappa shape index (κ1) is 20.8. The van der Waals surface area contributed by atoms with Crippen LogP contribution in [-0.4, -0.2) is 62.3 Å². The minimum absolute atomic E-state index is 0.140. The lowest BCUT2D eigenvalue weighted by Crippen LogP contribution is -2.52. The van der Waals surface area contributed by atoms with E-state index in [0.717, 1.165) is 50.7 Å². The van der Waals surface area contributed by atoms with Crippen molar-refractivity contribution in [2.75, 3.05) is 51.3 Å². The third-order valence-electron chi connectivity index (χ3n) is 5.01. The number of aromatic hydroxyl groups is 1. The molecule has 2 aromatic rings. The summed E-state index contributed by atoms with van der Waals surface area (Å²) in [5.41, 5.74) is 1.72. The molecule has 2 N–H and O–H groups in total. The molecule has 6 nitrogen and oxygen atoms in total. The van der Waals surface area contributed by atoms with Crippen molar-refractivity contribution in [1.29, 1.82) is 0 Å². The first-order valence-corrected chi connectivity index (χ1v) is 10.0. The Kier molecular flexibility index (Phi) is 7.16. The number of anilines is 1. The van der Waals surface area contributed by atoms with E-state index in [4.69, 9.17) is 9.73 Å². The zero-order valence-corrected chi connectivity index (χ0v) is 17.1. The predicted octanol–water partition coefficient (Wildman–Crippen LogP) is 2.87. The second-order valence-electron chi connectivity index (χ2n) is 6.92. The summed E-state index contributed by atoms with van der Waals surface area (Å²) in [6.45, 7) is 6.54. The lowest BCUT2D eigenvalue weighted by atomic mass is 10.1. The number of rotatable bonds is 6. The van der Waals surface area contributed by atoms with Gasteiger partial charge in [0, 0.05) is 39.3 Å². The van der Waals surface area contributed by atoms with E-state index in [1.807, 2.05) is 24.3 Å². The third-order valence-corrected chi connectivity index (χ3v) is 5.01. The molecule has 0 unspecified atom stereocenters. The van der Waals surface area contributed by atoms with E-state index in [1.54, 1.807) is 19.2 Å². The van der Waals surface area contributed by atoms with Gasteiger partial charge in [-0.25, -0.2) is 4.39 Å². The van der Waals surface area contributed by atoms with E-state index < -0.39 is 0 Å². The molecule has 0 atom stereocenters. The van der Waals surface area contributed by atoms with Crippen molar-refractivity contribution in [3.63, 3.8) is 0 Å². The fourth-order valence-electron chi connectivity index (χ4n) is 3.46. The maximum absolute atomic E-state index is 14.0. The molecule has 0 aliphatic carbocycles. The van der Waals surface area contributed by atoms with Gasteiger partial charge in [-0.05, 0) is 43.2 Å². The summed E-state index contributed by atoms with van der Waals surface area (Å²) in [6, 6.07) is 12.3. The Bertz CT molecular complexity index is 835. The van der Waals surface area contributed by atoms with Gasteiger partial charge < -0.3 is 25.0 Å². The van der Waals surface area contributed by atoms with Crippen LogP contribution in [0.5, 0.6) is 11.5 Å². The van der Waals surface area contributed by atoms with E-state index in [9.17, 15) is 9.50 Å². The average Bonchev–Trinajstić information content (AvgIpc) is 2.75. The Morgan fingerprint density at radius 1 is 1.17 bits per heavy atom. The number of phenols is 1. The summed E-state index contributed by atoms with van der Waals surface area (Å²) in [5.74, 6) is 1.32. The standard InChI is InChI=1S/C22H29FN4O2/c1-3-24-22(25-11-10-17-8-9-20(28)21(16-17)29-2)27-14-12-26(13-15-27)19-7-5-4-6-18(19)23/h4-9,16,28H,3,10-15H2,1-2H3,(H,24,25). The number of hydrogen-bond acceptors (Lipinski definition) is 4. The van der Waals surface area contributed by atoms with Crippen LogP contribution in [0.4, 0.5) is 10.1 Å². The highest BCUT2D eigenvalue weighted by atomic mass is 19.1. The number of para-hydroxylation sites is 1. The molecule has 0 spiro atoms. The Hall–Kier alpha value is -2.96. The molecule has 1 heterocycles. The highest BCUT2D eigenvalue weighted by Crippen LogP contribution is 2.26. The SMILES string of the molecule is CCNC(=NCCc1ccc(O)c(OC)c1)N1CCN(c2ccccc2F)CC1. The Morgan fingerprint density at radius 2 is 1.93 bits per heavy atom. The van der Waals surface area contributed by atoms with Crippen molar-refractivity contribution in [2.45, 2.75) is 13.3 Å². The van der Waals surface area contributed by atoms with Crippen LogP contribution in [0.25, 0.3) is 0 Å². The van der Waals surface area contributed by atoms with Gasteiger partial charge in [0.2, 0.25) is 0 Å². The largest absolute Gasteiger partial charge is 0.504 e. The summed E-state index contributed by atoms with van der Waals surface area (Å²) in [7, 11) is 1.54. The van der Waals surface area contributed by atoms with Gasteiger partial charge in [0.1, 0.15) is 5.82 Å². The first-order valence-electron chi connectivity index (χ1n) is 10.0.